The van der Waals surface area contributed by atoms with E-state index in [-0.39, 0.29) is 11.7 Å². The van der Waals surface area contributed by atoms with Crippen LogP contribution in [-0.2, 0) is 6.42 Å². The van der Waals surface area contributed by atoms with Crippen LogP contribution in [0.25, 0.3) is 33.5 Å². The average molecular weight is 582 g/mol. The molecule has 0 saturated heterocycles. The molecule has 42 heavy (non-hydrogen) atoms. The number of carbonyl (C=O) groups excluding carboxylic acids is 1. The maximum atomic E-state index is 13.1. The van der Waals surface area contributed by atoms with E-state index in [9.17, 15) is 9.90 Å². The van der Waals surface area contributed by atoms with E-state index in [1.807, 2.05) is 54.6 Å². The normalized spacial score (nSPS) is 11.5. The minimum Gasteiger partial charge on any atom is -0.507 e. The maximum absolute atomic E-state index is 13.1. The van der Waals surface area contributed by atoms with Crippen molar-refractivity contribution in [1.82, 2.24) is 19.8 Å². The Kier molecular flexibility index (Phi) is 9.22. The molecule has 0 aliphatic rings. The molecule has 1 amide bonds. The van der Waals surface area contributed by atoms with E-state index in [1.165, 1.54) is 5.56 Å². The quantitative estimate of drug-likeness (QED) is 0.157. The Morgan fingerprint density at radius 2 is 1.71 bits per heavy atom. The van der Waals surface area contributed by atoms with Gasteiger partial charge in [0.15, 0.2) is 0 Å². The van der Waals surface area contributed by atoms with Crippen molar-refractivity contribution in [2.24, 2.45) is 0 Å². The lowest BCUT2D eigenvalue weighted by Crippen LogP contribution is -2.33. The van der Waals surface area contributed by atoms with Crippen molar-refractivity contribution in [3.63, 3.8) is 0 Å². The van der Waals surface area contributed by atoms with Gasteiger partial charge in [-0.25, -0.2) is 4.98 Å². The van der Waals surface area contributed by atoms with Gasteiger partial charge in [0.05, 0.1) is 16.6 Å². The third-order valence-electron chi connectivity index (χ3n) is 7.42. The zero-order valence-electron chi connectivity index (χ0n) is 24.2. The van der Waals surface area contributed by atoms with Crippen molar-refractivity contribution < 1.29 is 9.90 Å². The predicted molar refractivity (Wildman–Crippen MR) is 172 cm³/mol. The third-order valence-corrected chi connectivity index (χ3v) is 7.75. The van der Waals surface area contributed by atoms with Crippen LogP contribution in [0.3, 0.4) is 0 Å². The number of fused-ring (bicyclic) bond motifs is 1. The van der Waals surface area contributed by atoms with Crippen LogP contribution in [0, 0.1) is 0 Å². The number of hydrogen-bond donors (Lipinski definition) is 3. The first kappa shape index (κ1) is 29.3. The molecule has 0 radical (unpaired) electrons. The second kappa shape index (κ2) is 13.2. The number of amides is 1. The number of aromatic amines is 1. The van der Waals surface area contributed by atoms with Gasteiger partial charge in [0.2, 0.25) is 0 Å². The molecule has 5 rings (SSSR count). The van der Waals surface area contributed by atoms with E-state index in [4.69, 9.17) is 16.6 Å². The number of halogens is 1. The van der Waals surface area contributed by atoms with Gasteiger partial charge in [-0.15, -0.1) is 0 Å². The van der Waals surface area contributed by atoms with Crippen molar-refractivity contribution >= 4 is 34.2 Å². The standard InChI is InChI=1S/C34H36ClN5O2/c1-4-40(20-19-39(2)3)18-17-23-9-13-26(14-10-23)36-34(42)25-11-15-30-31(22-25)38-33(37-30)28-21-24(12-16-32(28)41)27-7-5-6-8-29(27)35/h5-16,21-22,41H,4,17-20H2,1-3H3,(H,36,42)(H,37,38). The number of anilines is 1. The monoisotopic (exact) mass is 581 g/mol. The fraction of sp³-hybridized carbons (Fsp3) is 0.235. The number of aromatic hydroxyl groups is 1. The molecule has 0 aliphatic heterocycles. The Labute approximate surface area is 251 Å². The lowest BCUT2D eigenvalue weighted by molar-refractivity contribution is 0.102. The highest BCUT2D eigenvalue weighted by Gasteiger charge is 2.15. The summed E-state index contributed by atoms with van der Waals surface area (Å²) in [5.41, 5.74) is 6.16. The summed E-state index contributed by atoms with van der Waals surface area (Å²) < 4.78 is 0. The lowest BCUT2D eigenvalue weighted by Gasteiger charge is -2.22. The molecule has 0 aliphatic carbocycles. The fourth-order valence-electron chi connectivity index (χ4n) is 4.88. The van der Waals surface area contributed by atoms with Crippen LogP contribution in [0.15, 0.2) is 84.9 Å². The van der Waals surface area contributed by atoms with Crippen LogP contribution in [0.2, 0.25) is 5.02 Å². The van der Waals surface area contributed by atoms with Gasteiger partial charge in [0.25, 0.3) is 5.91 Å². The number of H-pyrrole nitrogens is 1. The zero-order chi connectivity index (χ0) is 29.6. The summed E-state index contributed by atoms with van der Waals surface area (Å²) in [4.78, 5) is 25.7. The molecular weight excluding hydrogens is 546 g/mol. The molecule has 3 N–H and O–H groups in total. The number of nitrogens with one attached hydrogen (secondary N) is 2. The Morgan fingerprint density at radius 3 is 2.45 bits per heavy atom. The molecule has 1 heterocycles. The van der Waals surface area contributed by atoms with Crippen LogP contribution in [-0.4, -0.2) is 71.1 Å². The molecule has 0 fully saturated rings. The van der Waals surface area contributed by atoms with Crippen molar-refractivity contribution in [3.05, 3.63) is 101 Å². The highest BCUT2D eigenvalue weighted by Crippen LogP contribution is 2.35. The number of carbonyl (C=O) groups is 1. The van der Waals surface area contributed by atoms with E-state index in [1.54, 1.807) is 18.2 Å². The molecule has 0 saturated carbocycles. The highest BCUT2D eigenvalue weighted by molar-refractivity contribution is 6.33. The van der Waals surface area contributed by atoms with E-state index in [0.29, 0.717) is 27.5 Å². The van der Waals surface area contributed by atoms with Gasteiger partial charge < -0.3 is 25.2 Å². The van der Waals surface area contributed by atoms with Crippen LogP contribution in [0.1, 0.15) is 22.8 Å². The first-order valence-corrected chi connectivity index (χ1v) is 14.5. The van der Waals surface area contributed by atoms with Gasteiger partial charge >= 0.3 is 0 Å². The van der Waals surface area contributed by atoms with E-state index < -0.39 is 0 Å². The van der Waals surface area contributed by atoms with E-state index in [0.717, 1.165) is 54.9 Å². The molecule has 216 valence electrons. The Bertz CT molecular complexity index is 1680. The van der Waals surface area contributed by atoms with Crippen molar-refractivity contribution in [1.29, 1.82) is 0 Å². The molecule has 8 heteroatoms. The van der Waals surface area contributed by atoms with Crippen LogP contribution >= 0.6 is 11.6 Å². The molecule has 4 aromatic carbocycles. The summed E-state index contributed by atoms with van der Waals surface area (Å²) in [5.74, 6) is 0.397. The molecule has 5 aromatic rings. The van der Waals surface area contributed by atoms with Gasteiger partial charge in [-0.05, 0) is 86.7 Å². The minimum absolute atomic E-state index is 0.0993. The lowest BCUT2D eigenvalue weighted by atomic mass is 10.0. The topological polar surface area (TPSA) is 84.5 Å². The average Bonchev–Trinajstić information content (AvgIpc) is 3.42. The van der Waals surface area contributed by atoms with Crippen LogP contribution in [0.4, 0.5) is 5.69 Å². The molecule has 0 atom stereocenters. The first-order chi connectivity index (χ1) is 20.3. The third kappa shape index (κ3) is 6.99. The Hall–Kier alpha value is -4.17. The summed E-state index contributed by atoms with van der Waals surface area (Å²) in [5, 5.41) is 14.2. The number of phenolic OH excluding ortho intramolecular Hbond substituents is 1. The number of phenols is 1. The summed E-state index contributed by atoms with van der Waals surface area (Å²) in [6.45, 7) is 6.32. The second-order valence-electron chi connectivity index (χ2n) is 10.7. The Balaban J connectivity index is 1.27. The highest BCUT2D eigenvalue weighted by atomic mass is 35.5. The number of likely N-dealkylation sites (N-methyl/N-ethyl adjacent to an activating group) is 2. The number of nitrogens with zero attached hydrogens (tertiary/aromatic N) is 3. The van der Waals surface area contributed by atoms with Crippen LogP contribution < -0.4 is 5.32 Å². The summed E-state index contributed by atoms with van der Waals surface area (Å²) in [7, 11) is 4.19. The number of aromatic nitrogens is 2. The van der Waals surface area contributed by atoms with Gasteiger partial charge in [-0.2, -0.15) is 0 Å². The van der Waals surface area contributed by atoms with Gasteiger partial charge in [-0.1, -0.05) is 54.9 Å². The minimum atomic E-state index is -0.210. The number of imidazole rings is 1. The number of rotatable bonds is 11. The van der Waals surface area contributed by atoms with Crippen molar-refractivity contribution in [2.45, 2.75) is 13.3 Å². The molecule has 1 aromatic heterocycles. The van der Waals surface area contributed by atoms with Gasteiger partial charge in [0.1, 0.15) is 11.6 Å². The maximum Gasteiger partial charge on any atom is 0.255 e. The SMILES string of the molecule is CCN(CCc1ccc(NC(=O)c2ccc3[nH]c(-c4cc(-c5ccccc5Cl)ccc4O)nc3c2)cc1)CCN(C)C. The van der Waals surface area contributed by atoms with Gasteiger partial charge in [-0.3, -0.25) is 4.79 Å². The fourth-order valence-corrected chi connectivity index (χ4v) is 5.12. The molecule has 7 nitrogen and oxygen atoms in total. The molecule has 0 bridgehead atoms. The Morgan fingerprint density at radius 1 is 0.929 bits per heavy atom. The van der Waals surface area contributed by atoms with Crippen molar-refractivity contribution in [2.75, 3.05) is 45.6 Å². The van der Waals surface area contributed by atoms with Gasteiger partial charge in [0, 0.05) is 41.5 Å². The summed E-state index contributed by atoms with van der Waals surface area (Å²) in [6, 6.07) is 26.3. The van der Waals surface area contributed by atoms with Crippen LogP contribution in [0.5, 0.6) is 5.75 Å². The molecule has 0 unspecified atom stereocenters. The summed E-state index contributed by atoms with van der Waals surface area (Å²) >= 11 is 6.40. The van der Waals surface area contributed by atoms with E-state index >= 15 is 0 Å². The smallest absolute Gasteiger partial charge is 0.255 e. The first-order valence-electron chi connectivity index (χ1n) is 14.2. The van der Waals surface area contributed by atoms with Crippen molar-refractivity contribution in [3.8, 4) is 28.3 Å². The number of hydrogen-bond acceptors (Lipinski definition) is 5. The molecule has 0 spiro atoms. The van der Waals surface area contributed by atoms with E-state index in [2.05, 4.69) is 53.3 Å². The predicted octanol–water partition coefficient (Wildman–Crippen LogP) is 6.93. The second-order valence-corrected chi connectivity index (χ2v) is 11.1. The summed E-state index contributed by atoms with van der Waals surface area (Å²) in [6.07, 6.45) is 0.963. The largest absolute Gasteiger partial charge is 0.507 e. The number of benzene rings is 4. The molecular formula is C34H36ClN5O2. The zero-order valence-corrected chi connectivity index (χ0v) is 24.9.